The van der Waals surface area contributed by atoms with E-state index in [2.05, 4.69) is 4.90 Å². The Balaban J connectivity index is 1.66. The Morgan fingerprint density at radius 2 is 1.82 bits per heavy atom. The summed E-state index contributed by atoms with van der Waals surface area (Å²) in [6, 6.07) is 7.67. The van der Waals surface area contributed by atoms with Crippen LogP contribution in [0.25, 0.3) is 0 Å². The molecule has 3 rings (SSSR count). The molecule has 2 atom stereocenters. The highest BCUT2D eigenvalue weighted by molar-refractivity contribution is 6.31. The smallest absolute Gasteiger partial charge is 0.234 e. The normalized spacial score (nSPS) is 25.1. The zero-order chi connectivity index (χ0) is 15.7. The zero-order valence-corrected chi connectivity index (χ0v) is 13.3. The topological polar surface area (TPSA) is 49.9 Å². The van der Waals surface area contributed by atoms with Gasteiger partial charge in [-0.2, -0.15) is 0 Å². The summed E-state index contributed by atoms with van der Waals surface area (Å²) in [4.78, 5) is 28.2. The van der Waals surface area contributed by atoms with Crippen molar-refractivity contribution in [3.8, 4) is 0 Å². The fourth-order valence-corrected chi connectivity index (χ4v) is 3.49. The molecule has 0 N–H and O–H groups in total. The van der Waals surface area contributed by atoms with Gasteiger partial charge in [-0.05, 0) is 11.6 Å². The quantitative estimate of drug-likeness (QED) is 0.769. The number of methoxy groups -OCH3 is 1. The van der Waals surface area contributed by atoms with E-state index in [9.17, 15) is 9.59 Å². The molecule has 2 saturated heterocycles. The van der Waals surface area contributed by atoms with Crippen LogP contribution < -0.4 is 0 Å². The van der Waals surface area contributed by atoms with Crippen molar-refractivity contribution in [3.05, 3.63) is 34.9 Å². The molecule has 0 aromatic heterocycles. The second kappa shape index (κ2) is 6.36. The molecular weight excluding hydrogens is 304 g/mol. The molecule has 1 aromatic carbocycles. The van der Waals surface area contributed by atoms with E-state index in [1.54, 1.807) is 7.11 Å². The van der Waals surface area contributed by atoms with Gasteiger partial charge in [-0.3, -0.25) is 19.4 Å². The maximum absolute atomic E-state index is 12.4. The number of nitrogens with zero attached hydrogens (tertiary/aromatic N) is 2. The summed E-state index contributed by atoms with van der Waals surface area (Å²) in [5, 5.41) is 0.721. The summed E-state index contributed by atoms with van der Waals surface area (Å²) in [6.45, 7) is 2.64. The number of benzene rings is 1. The maximum Gasteiger partial charge on any atom is 0.234 e. The zero-order valence-electron chi connectivity index (χ0n) is 12.5. The Labute approximate surface area is 134 Å². The predicted octanol–water partition coefficient (Wildman–Crippen LogP) is 1.40. The largest absolute Gasteiger partial charge is 0.383 e. The van der Waals surface area contributed by atoms with E-state index >= 15 is 0 Å². The molecule has 0 saturated carbocycles. The lowest BCUT2D eigenvalue weighted by Gasteiger charge is -2.20. The highest BCUT2D eigenvalue weighted by atomic mass is 35.5. The van der Waals surface area contributed by atoms with E-state index in [1.165, 1.54) is 4.90 Å². The van der Waals surface area contributed by atoms with Crippen LogP contribution >= 0.6 is 11.6 Å². The maximum atomic E-state index is 12.4. The molecule has 0 bridgehead atoms. The standard InChI is InChI=1S/C16H19ClN2O3/c1-22-7-6-19-15(20)12-9-18(10-13(12)16(19)21)8-11-4-2-3-5-14(11)17/h2-5,12-13H,6-10H2,1H3/t12-,13+. The van der Waals surface area contributed by atoms with Crippen LogP contribution in [0.5, 0.6) is 0 Å². The number of hydrogen-bond acceptors (Lipinski definition) is 4. The number of fused-ring (bicyclic) bond motifs is 1. The summed E-state index contributed by atoms with van der Waals surface area (Å²) >= 11 is 6.18. The molecule has 22 heavy (non-hydrogen) atoms. The Kier molecular flexibility index (Phi) is 4.47. The Morgan fingerprint density at radius 1 is 1.18 bits per heavy atom. The fourth-order valence-electron chi connectivity index (χ4n) is 3.29. The molecule has 0 aliphatic carbocycles. The molecule has 2 aliphatic rings. The molecule has 0 spiro atoms. The van der Waals surface area contributed by atoms with Gasteiger partial charge < -0.3 is 4.74 Å². The lowest BCUT2D eigenvalue weighted by atomic mass is 10.00. The van der Waals surface area contributed by atoms with Gasteiger partial charge in [0.15, 0.2) is 0 Å². The molecule has 2 aliphatic heterocycles. The number of rotatable bonds is 5. The van der Waals surface area contributed by atoms with Gasteiger partial charge in [0.1, 0.15) is 0 Å². The van der Waals surface area contributed by atoms with Gasteiger partial charge in [0.05, 0.1) is 25.0 Å². The third kappa shape index (κ3) is 2.76. The van der Waals surface area contributed by atoms with Crippen LogP contribution in [0.3, 0.4) is 0 Å². The first kappa shape index (κ1) is 15.5. The van der Waals surface area contributed by atoms with E-state index in [0.29, 0.717) is 32.8 Å². The number of imide groups is 1. The van der Waals surface area contributed by atoms with Gasteiger partial charge in [0.2, 0.25) is 11.8 Å². The number of ether oxygens (including phenoxy) is 1. The van der Waals surface area contributed by atoms with Crippen molar-refractivity contribution in [3.63, 3.8) is 0 Å². The van der Waals surface area contributed by atoms with Crippen molar-refractivity contribution in [2.75, 3.05) is 33.4 Å². The second-order valence-electron chi connectivity index (χ2n) is 5.82. The average molecular weight is 323 g/mol. The first-order chi connectivity index (χ1) is 10.6. The lowest BCUT2D eigenvalue weighted by Crippen LogP contribution is -2.37. The van der Waals surface area contributed by atoms with Gasteiger partial charge in [-0.15, -0.1) is 0 Å². The van der Waals surface area contributed by atoms with Crippen LogP contribution in [0.2, 0.25) is 5.02 Å². The minimum atomic E-state index is -0.216. The number of hydrogen-bond donors (Lipinski definition) is 0. The van der Waals surface area contributed by atoms with Crippen LogP contribution in [0.1, 0.15) is 5.56 Å². The summed E-state index contributed by atoms with van der Waals surface area (Å²) in [7, 11) is 1.57. The minimum Gasteiger partial charge on any atom is -0.383 e. The van der Waals surface area contributed by atoms with E-state index in [-0.39, 0.29) is 23.7 Å². The van der Waals surface area contributed by atoms with Crippen molar-refractivity contribution in [2.45, 2.75) is 6.54 Å². The molecule has 2 heterocycles. The van der Waals surface area contributed by atoms with Crippen LogP contribution in [0.15, 0.2) is 24.3 Å². The fraction of sp³-hybridized carbons (Fsp3) is 0.500. The SMILES string of the molecule is COCCN1C(=O)[C@H]2CN(Cc3ccccc3Cl)C[C@H]2C1=O. The molecule has 2 amide bonds. The van der Waals surface area contributed by atoms with Crippen LogP contribution in [-0.2, 0) is 20.9 Å². The van der Waals surface area contributed by atoms with E-state index in [4.69, 9.17) is 16.3 Å². The van der Waals surface area contributed by atoms with Crippen molar-refractivity contribution in [1.82, 2.24) is 9.80 Å². The van der Waals surface area contributed by atoms with Crippen LogP contribution in [0, 0.1) is 11.8 Å². The summed E-state index contributed by atoms with van der Waals surface area (Å²) in [6.07, 6.45) is 0. The number of halogens is 1. The van der Waals surface area contributed by atoms with Crippen molar-refractivity contribution in [2.24, 2.45) is 11.8 Å². The molecule has 1 aromatic rings. The Bertz CT molecular complexity index is 569. The second-order valence-corrected chi connectivity index (χ2v) is 6.23. The van der Waals surface area contributed by atoms with Crippen LogP contribution in [-0.4, -0.2) is 55.0 Å². The number of likely N-dealkylation sites (tertiary alicyclic amines) is 2. The molecule has 2 fully saturated rings. The molecule has 6 heteroatoms. The van der Waals surface area contributed by atoms with Gasteiger partial charge in [-0.1, -0.05) is 29.8 Å². The molecule has 0 radical (unpaired) electrons. The van der Waals surface area contributed by atoms with Gasteiger partial charge >= 0.3 is 0 Å². The van der Waals surface area contributed by atoms with E-state index < -0.39 is 0 Å². The summed E-state index contributed by atoms with van der Waals surface area (Å²) in [5.41, 5.74) is 1.03. The van der Waals surface area contributed by atoms with Crippen LogP contribution in [0.4, 0.5) is 0 Å². The van der Waals surface area contributed by atoms with Gasteiger partial charge in [-0.25, -0.2) is 0 Å². The highest BCUT2D eigenvalue weighted by Gasteiger charge is 2.51. The first-order valence-electron chi connectivity index (χ1n) is 7.41. The third-order valence-corrected chi connectivity index (χ3v) is 4.80. The average Bonchev–Trinajstić information content (AvgIpc) is 3.01. The highest BCUT2D eigenvalue weighted by Crippen LogP contribution is 2.34. The van der Waals surface area contributed by atoms with Gasteiger partial charge in [0, 0.05) is 31.8 Å². The van der Waals surface area contributed by atoms with Crippen molar-refractivity contribution < 1.29 is 14.3 Å². The molecule has 0 unspecified atom stereocenters. The number of carbonyl (C=O) groups is 2. The van der Waals surface area contributed by atoms with E-state index in [1.807, 2.05) is 24.3 Å². The minimum absolute atomic E-state index is 0.0614. The molecular formula is C16H19ClN2O3. The summed E-state index contributed by atoms with van der Waals surface area (Å²) < 4.78 is 4.96. The van der Waals surface area contributed by atoms with E-state index in [0.717, 1.165) is 10.6 Å². The molecule has 5 nitrogen and oxygen atoms in total. The third-order valence-electron chi connectivity index (χ3n) is 4.43. The predicted molar refractivity (Wildman–Crippen MR) is 82.3 cm³/mol. The lowest BCUT2D eigenvalue weighted by molar-refractivity contribution is -0.141. The first-order valence-corrected chi connectivity index (χ1v) is 7.79. The van der Waals surface area contributed by atoms with Crippen molar-refractivity contribution in [1.29, 1.82) is 0 Å². The Hall–Kier alpha value is -1.43. The monoisotopic (exact) mass is 322 g/mol. The Morgan fingerprint density at radius 3 is 2.41 bits per heavy atom. The number of carbonyl (C=O) groups excluding carboxylic acids is 2. The van der Waals surface area contributed by atoms with Gasteiger partial charge in [0.25, 0.3) is 0 Å². The molecule has 118 valence electrons. The van der Waals surface area contributed by atoms with Crippen molar-refractivity contribution >= 4 is 23.4 Å². The number of amides is 2. The summed E-state index contributed by atoms with van der Waals surface area (Å²) in [5.74, 6) is -0.555.